The van der Waals surface area contributed by atoms with Crippen molar-refractivity contribution in [2.75, 3.05) is 18.0 Å². The summed E-state index contributed by atoms with van der Waals surface area (Å²) in [6.07, 6.45) is 9.07. The average molecular weight is 361 g/mol. The number of hydrogen-bond acceptors (Lipinski definition) is 6. The maximum atomic E-state index is 12.7. The highest BCUT2D eigenvalue weighted by molar-refractivity contribution is 7.20. The number of rotatable bonds is 3. The van der Waals surface area contributed by atoms with Crippen LogP contribution in [0.2, 0.25) is 0 Å². The van der Waals surface area contributed by atoms with Gasteiger partial charge in [-0.1, -0.05) is 30.6 Å². The van der Waals surface area contributed by atoms with Crippen molar-refractivity contribution in [2.24, 2.45) is 0 Å². The molecule has 0 spiro atoms. The number of carbonyl (C=O) groups excluding carboxylic acids is 1. The van der Waals surface area contributed by atoms with Gasteiger partial charge in [-0.15, -0.1) is 5.10 Å². The van der Waals surface area contributed by atoms with Gasteiger partial charge in [0.25, 0.3) is 11.5 Å². The summed E-state index contributed by atoms with van der Waals surface area (Å²) < 4.78 is 1.54. The molecule has 2 aliphatic rings. The average Bonchev–Trinajstić information content (AvgIpc) is 3.06. The van der Waals surface area contributed by atoms with Crippen LogP contribution in [0.25, 0.3) is 4.96 Å². The molecule has 1 aliphatic carbocycles. The third-order valence-electron chi connectivity index (χ3n) is 5.04. The topological polar surface area (TPSA) is 79.6 Å². The zero-order valence-corrected chi connectivity index (χ0v) is 15.1. The van der Waals surface area contributed by atoms with Crippen molar-refractivity contribution in [3.8, 4) is 0 Å². The van der Waals surface area contributed by atoms with Crippen LogP contribution >= 0.6 is 11.3 Å². The molecule has 0 radical (unpaired) electrons. The van der Waals surface area contributed by atoms with Crippen LogP contribution in [0.4, 0.5) is 5.13 Å². The number of aromatic nitrogens is 3. The molecule has 1 saturated carbocycles. The molecular weight excluding hydrogens is 338 g/mol. The van der Waals surface area contributed by atoms with E-state index in [1.54, 1.807) is 0 Å². The van der Waals surface area contributed by atoms with Gasteiger partial charge in [0.2, 0.25) is 10.1 Å². The Morgan fingerprint density at radius 1 is 1.12 bits per heavy atom. The van der Waals surface area contributed by atoms with Crippen molar-refractivity contribution in [3.63, 3.8) is 0 Å². The summed E-state index contributed by atoms with van der Waals surface area (Å²) in [5.41, 5.74) is -0.0947. The highest BCUT2D eigenvalue weighted by Crippen LogP contribution is 2.25. The fraction of sp³-hybridized carbons (Fsp3) is 0.647. The van der Waals surface area contributed by atoms with Crippen molar-refractivity contribution in [2.45, 2.75) is 57.4 Å². The van der Waals surface area contributed by atoms with E-state index < -0.39 is 0 Å². The second-order valence-electron chi connectivity index (χ2n) is 6.91. The Bertz CT molecular complexity index is 818. The van der Waals surface area contributed by atoms with E-state index in [1.807, 2.05) is 0 Å². The molecule has 7 nitrogen and oxygen atoms in total. The van der Waals surface area contributed by atoms with E-state index in [-0.39, 0.29) is 17.5 Å². The minimum atomic E-state index is -0.386. The van der Waals surface area contributed by atoms with Gasteiger partial charge in [0, 0.05) is 25.2 Å². The summed E-state index contributed by atoms with van der Waals surface area (Å²) in [6.45, 7) is 1.93. The Kier molecular flexibility index (Phi) is 4.70. The molecule has 4 rings (SSSR count). The molecule has 0 unspecified atom stereocenters. The van der Waals surface area contributed by atoms with Crippen LogP contribution in [-0.2, 0) is 0 Å². The molecule has 3 heterocycles. The van der Waals surface area contributed by atoms with E-state index in [0.29, 0.717) is 10.7 Å². The van der Waals surface area contributed by atoms with Gasteiger partial charge in [-0.05, 0) is 32.1 Å². The third kappa shape index (κ3) is 3.53. The number of piperidine rings is 1. The number of nitrogens with zero attached hydrogens (tertiary/aromatic N) is 4. The molecule has 0 bridgehead atoms. The van der Waals surface area contributed by atoms with Crippen LogP contribution in [0.1, 0.15) is 61.9 Å². The molecule has 1 saturated heterocycles. The number of hydrogen-bond donors (Lipinski definition) is 1. The predicted molar refractivity (Wildman–Crippen MR) is 97.5 cm³/mol. The Hall–Kier alpha value is -1.96. The molecule has 0 atom stereocenters. The molecule has 2 aromatic rings. The number of amides is 1. The van der Waals surface area contributed by atoms with E-state index in [1.165, 1.54) is 34.8 Å². The normalized spacial score (nSPS) is 19.3. The fourth-order valence-electron chi connectivity index (χ4n) is 3.69. The van der Waals surface area contributed by atoms with Gasteiger partial charge in [0.1, 0.15) is 5.69 Å². The molecule has 134 valence electrons. The van der Waals surface area contributed by atoms with Gasteiger partial charge < -0.3 is 10.2 Å². The van der Waals surface area contributed by atoms with Gasteiger partial charge in [-0.3, -0.25) is 9.59 Å². The number of nitrogens with one attached hydrogen (secondary N) is 1. The van der Waals surface area contributed by atoms with E-state index in [2.05, 4.69) is 20.3 Å². The minimum Gasteiger partial charge on any atom is -0.348 e. The molecule has 25 heavy (non-hydrogen) atoms. The zero-order chi connectivity index (χ0) is 17.2. The summed E-state index contributed by atoms with van der Waals surface area (Å²) in [4.78, 5) is 31.4. The van der Waals surface area contributed by atoms with Crippen LogP contribution in [0.5, 0.6) is 0 Å². The first-order valence-corrected chi connectivity index (χ1v) is 9.99. The maximum Gasteiger partial charge on any atom is 0.274 e. The molecule has 8 heteroatoms. The summed E-state index contributed by atoms with van der Waals surface area (Å²) in [5.74, 6) is -0.225. The first kappa shape index (κ1) is 16.5. The maximum absolute atomic E-state index is 12.7. The van der Waals surface area contributed by atoms with E-state index in [9.17, 15) is 9.59 Å². The first-order chi connectivity index (χ1) is 12.2. The first-order valence-electron chi connectivity index (χ1n) is 9.17. The van der Waals surface area contributed by atoms with Gasteiger partial charge in [-0.25, -0.2) is 0 Å². The van der Waals surface area contributed by atoms with Crippen LogP contribution in [-0.4, -0.2) is 39.6 Å². The molecular formula is C17H23N5O2S. The van der Waals surface area contributed by atoms with Crippen LogP contribution in [0.15, 0.2) is 10.9 Å². The molecule has 1 N–H and O–H groups in total. The molecule has 1 amide bonds. The lowest BCUT2D eigenvalue weighted by molar-refractivity contribution is 0.0920. The van der Waals surface area contributed by atoms with E-state index in [0.717, 1.165) is 56.7 Å². The second kappa shape index (κ2) is 7.11. The van der Waals surface area contributed by atoms with Gasteiger partial charge in [0.15, 0.2) is 0 Å². The Morgan fingerprint density at radius 2 is 1.84 bits per heavy atom. The van der Waals surface area contributed by atoms with Crippen molar-refractivity contribution in [3.05, 3.63) is 22.1 Å². The van der Waals surface area contributed by atoms with Crippen molar-refractivity contribution in [1.29, 1.82) is 0 Å². The summed E-state index contributed by atoms with van der Waals surface area (Å²) in [6, 6.07) is 1.49. The lowest BCUT2D eigenvalue weighted by atomic mass is 9.95. The van der Waals surface area contributed by atoms with Crippen LogP contribution in [0.3, 0.4) is 0 Å². The summed E-state index contributed by atoms with van der Waals surface area (Å²) >= 11 is 1.38. The zero-order valence-electron chi connectivity index (χ0n) is 14.2. The Labute approximate surface area is 150 Å². The SMILES string of the molecule is O=C(NC1CCCCC1)c1cc(=O)nc2sc(N3CCCCC3)nn12. The predicted octanol–water partition coefficient (Wildman–Crippen LogP) is 2.20. The second-order valence-corrected chi connectivity index (χ2v) is 7.85. The standard InChI is InChI=1S/C17H23N5O2S/c23-14-11-13(15(24)18-12-7-3-1-4-8-12)22-16(19-14)25-17(20-22)21-9-5-2-6-10-21/h11-12H,1-10H2,(H,18,24). The Morgan fingerprint density at radius 3 is 2.60 bits per heavy atom. The van der Waals surface area contributed by atoms with Crippen LogP contribution < -0.4 is 15.8 Å². The largest absolute Gasteiger partial charge is 0.348 e. The van der Waals surface area contributed by atoms with E-state index >= 15 is 0 Å². The molecule has 2 fully saturated rings. The van der Waals surface area contributed by atoms with E-state index in [4.69, 9.17) is 0 Å². The van der Waals surface area contributed by atoms with Crippen molar-refractivity contribution in [1.82, 2.24) is 19.9 Å². The lowest BCUT2D eigenvalue weighted by Gasteiger charge is -2.25. The van der Waals surface area contributed by atoms with Gasteiger partial charge in [-0.2, -0.15) is 9.50 Å². The smallest absolute Gasteiger partial charge is 0.274 e. The minimum absolute atomic E-state index is 0.195. The number of fused-ring (bicyclic) bond motifs is 1. The number of anilines is 1. The molecule has 1 aliphatic heterocycles. The van der Waals surface area contributed by atoms with Gasteiger partial charge in [0.05, 0.1) is 0 Å². The van der Waals surface area contributed by atoms with Crippen molar-refractivity contribution < 1.29 is 4.79 Å². The Balaban J connectivity index is 1.63. The highest BCUT2D eigenvalue weighted by atomic mass is 32.1. The third-order valence-corrected chi connectivity index (χ3v) is 6.01. The van der Waals surface area contributed by atoms with Crippen molar-refractivity contribution >= 4 is 27.3 Å². The van der Waals surface area contributed by atoms with Gasteiger partial charge >= 0.3 is 0 Å². The lowest BCUT2D eigenvalue weighted by Crippen LogP contribution is -2.37. The molecule has 0 aromatic carbocycles. The van der Waals surface area contributed by atoms with Crippen LogP contribution in [0, 0.1) is 0 Å². The molecule has 2 aromatic heterocycles. The summed E-state index contributed by atoms with van der Waals surface area (Å²) in [5, 5.41) is 8.50. The fourth-order valence-corrected chi connectivity index (χ4v) is 4.65. The summed E-state index contributed by atoms with van der Waals surface area (Å²) in [7, 11) is 0. The highest BCUT2D eigenvalue weighted by Gasteiger charge is 2.22. The number of carbonyl (C=O) groups is 1. The quantitative estimate of drug-likeness (QED) is 0.907. The monoisotopic (exact) mass is 361 g/mol.